The van der Waals surface area contributed by atoms with Gasteiger partial charge < -0.3 is 9.64 Å². The number of aromatic nitrogens is 1. The van der Waals surface area contributed by atoms with Crippen LogP contribution in [0.4, 0.5) is 0 Å². The van der Waals surface area contributed by atoms with Crippen LogP contribution in [0.5, 0.6) is 0 Å². The number of amides is 1. The molecule has 1 aromatic carbocycles. The van der Waals surface area contributed by atoms with Crippen molar-refractivity contribution in [3.8, 4) is 0 Å². The molecule has 1 amide bonds. The van der Waals surface area contributed by atoms with Crippen molar-refractivity contribution in [3.63, 3.8) is 0 Å². The second-order valence-electron chi connectivity index (χ2n) is 7.12. The summed E-state index contributed by atoms with van der Waals surface area (Å²) in [4.78, 5) is 19.4. The van der Waals surface area contributed by atoms with Crippen molar-refractivity contribution in [1.82, 2.24) is 9.88 Å². The minimum absolute atomic E-state index is 0.0966. The van der Waals surface area contributed by atoms with Gasteiger partial charge in [-0.05, 0) is 18.4 Å². The summed E-state index contributed by atoms with van der Waals surface area (Å²) in [6.45, 7) is 1.69. The zero-order valence-electron chi connectivity index (χ0n) is 13.4. The number of hydrogen-bond donors (Lipinski definition) is 0. The van der Waals surface area contributed by atoms with Gasteiger partial charge in [-0.25, -0.2) is 4.98 Å². The van der Waals surface area contributed by atoms with E-state index in [-0.39, 0.29) is 5.91 Å². The summed E-state index contributed by atoms with van der Waals surface area (Å²) >= 11 is 1.58. The van der Waals surface area contributed by atoms with Crippen LogP contribution in [0.3, 0.4) is 0 Å². The largest absolute Gasteiger partial charge is 0.374 e. The molecular formula is C19H20N2O2S. The fourth-order valence-electron chi connectivity index (χ4n) is 4.55. The number of carbonyl (C=O) groups is 1. The highest BCUT2D eigenvalue weighted by Gasteiger charge is 2.53. The van der Waals surface area contributed by atoms with Gasteiger partial charge in [0.25, 0.3) is 5.91 Å². The lowest BCUT2D eigenvalue weighted by molar-refractivity contribution is 0.0591. The van der Waals surface area contributed by atoms with E-state index in [0.29, 0.717) is 29.7 Å². The first kappa shape index (κ1) is 14.6. The summed E-state index contributed by atoms with van der Waals surface area (Å²) in [5.74, 6) is 1.20. The summed E-state index contributed by atoms with van der Waals surface area (Å²) < 4.78 is 5.99. The lowest BCUT2D eigenvalue weighted by atomic mass is 9.82. The Morgan fingerprint density at radius 3 is 2.58 bits per heavy atom. The van der Waals surface area contributed by atoms with Crippen LogP contribution < -0.4 is 0 Å². The molecule has 1 aromatic heterocycles. The topological polar surface area (TPSA) is 42.4 Å². The second kappa shape index (κ2) is 5.67. The minimum atomic E-state index is 0.0966. The number of hydrogen-bond acceptors (Lipinski definition) is 4. The third kappa shape index (κ3) is 2.38. The minimum Gasteiger partial charge on any atom is -0.374 e. The fraction of sp³-hybridized carbons (Fsp3) is 0.474. The summed E-state index contributed by atoms with van der Waals surface area (Å²) in [7, 11) is 0. The molecule has 0 saturated carbocycles. The molecule has 3 saturated heterocycles. The predicted octanol–water partition coefficient (Wildman–Crippen LogP) is 2.98. The van der Waals surface area contributed by atoms with E-state index in [1.165, 1.54) is 18.4 Å². The highest BCUT2D eigenvalue weighted by atomic mass is 32.1. The summed E-state index contributed by atoms with van der Waals surface area (Å²) in [6, 6.07) is 10.3. The Labute approximate surface area is 145 Å². The number of rotatable bonds is 3. The lowest BCUT2D eigenvalue weighted by Crippen LogP contribution is -2.31. The normalized spacial score (nSPS) is 30.8. The Balaban J connectivity index is 1.28. The molecule has 3 aliphatic rings. The highest BCUT2D eigenvalue weighted by Crippen LogP contribution is 2.47. The highest BCUT2D eigenvalue weighted by molar-refractivity contribution is 7.09. The van der Waals surface area contributed by atoms with E-state index in [9.17, 15) is 4.79 Å². The fourth-order valence-corrected chi connectivity index (χ4v) is 5.35. The van der Waals surface area contributed by atoms with Crippen LogP contribution in [-0.2, 0) is 11.2 Å². The van der Waals surface area contributed by atoms with Crippen molar-refractivity contribution in [1.29, 1.82) is 0 Å². The lowest BCUT2D eigenvalue weighted by Gasteiger charge is -2.17. The van der Waals surface area contributed by atoms with Crippen LogP contribution in [0.15, 0.2) is 35.7 Å². The van der Waals surface area contributed by atoms with Crippen molar-refractivity contribution in [2.45, 2.75) is 31.5 Å². The van der Waals surface area contributed by atoms with Gasteiger partial charge in [0.15, 0.2) is 0 Å². The number of thiazole rings is 1. The zero-order chi connectivity index (χ0) is 16.1. The molecule has 124 valence electrons. The molecule has 0 N–H and O–H groups in total. The molecule has 4 nitrogen and oxygen atoms in total. The maximum Gasteiger partial charge on any atom is 0.273 e. The Hall–Kier alpha value is -1.72. The number of ether oxygens (including phenoxy) is 1. The molecule has 0 unspecified atom stereocenters. The maximum absolute atomic E-state index is 12.8. The van der Waals surface area contributed by atoms with Gasteiger partial charge in [-0.3, -0.25) is 4.79 Å². The van der Waals surface area contributed by atoms with Gasteiger partial charge in [0.1, 0.15) is 5.69 Å². The summed E-state index contributed by atoms with van der Waals surface area (Å²) in [6.07, 6.45) is 3.92. The zero-order valence-corrected chi connectivity index (χ0v) is 14.2. The third-order valence-corrected chi connectivity index (χ3v) is 6.56. The van der Waals surface area contributed by atoms with Crippen LogP contribution in [0.25, 0.3) is 0 Å². The Morgan fingerprint density at radius 2 is 1.88 bits per heavy atom. The van der Waals surface area contributed by atoms with Crippen LogP contribution in [0, 0.1) is 11.8 Å². The van der Waals surface area contributed by atoms with Crippen molar-refractivity contribution >= 4 is 17.2 Å². The first-order chi connectivity index (χ1) is 11.8. The van der Waals surface area contributed by atoms with Crippen molar-refractivity contribution in [2.24, 2.45) is 11.8 Å². The van der Waals surface area contributed by atoms with E-state index >= 15 is 0 Å². The van der Waals surface area contributed by atoms with E-state index < -0.39 is 0 Å². The van der Waals surface area contributed by atoms with Crippen molar-refractivity contribution in [2.75, 3.05) is 13.1 Å². The molecule has 2 bridgehead atoms. The average Bonchev–Trinajstić information content (AvgIpc) is 3.36. The number of likely N-dealkylation sites (tertiary alicyclic amines) is 1. The van der Waals surface area contributed by atoms with Crippen LogP contribution in [0.1, 0.15) is 33.9 Å². The van der Waals surface area contributed by atoms with Crippen LogP contribution in [-0.4, -0.2) is 41.1 Å². The van der Waals surface area contributed by atoms with Crippen molar-refractivity contribution in [3.05, 3.63) is 52.0 Å². The summed E-state index contributed by atoms with van der Waals surface area (Å²) in [5, 5.41) is 2.92. The Morgan fingerprint density at radius 1 is 1.17 bits per heavy atom. The van der Waals surface area contributed by atoms with E-state index in [4.69, 9.17) is 4.74 Å². The van der Waals surface area contributed by atoms with Gasteiger partial charge in [-0.2, -0.15) is 0 Å². The molecule has 4 heterocycles. The number of carbonyl (C=O) groups excluding carboxylic acids is 1. The van der Waals surface area contributed by atoms with Gasteiger partial charge in [0, 0.05) is 36.7 Å². The molecule has 24 heavy (non-hydrogen) atoms. The van der Waals surface area contributed by atoms with Gasteiger partial charge >= 0.3 is 0 Å². The van der Waals surface area contributed by atoms with Gasteiger partial charge in [0.05, 0.1) is 17.2 Å². The Bertz CT molecular complexity index is 742. The predicted molar refractivity (Wildman–Crippen MR) is 92.1 cm³/mol. The Kier molecular flexibility index (Phi) is 3.45. The first-order valence-electron chi connectivity index (χ1n) is 8.71. The third-order valence-electron chi connectivity index (χ3n) is 5.71. The van der Waals surface area contributed by atoms with Crippen molar-refractivity contribution < 1.29 is 9.53 Å². The molecular weight excluding hydrogens is 320 g/mol. The van der Waals surface area contributed by atoms with E-state index in [2.05, 4.69) is 17.1 Å². The molecule has 3 fully saturated rings. The van der Waals surface area contributed by atoms with E-state index in [1.807, 2.05) is 28.5 Å². The summed E-state index contributed by atoms with van der Waals surface area (Å²) in [5.41, 5.74) is 1.84. The molecule has 3 aliphatic heterocycles. The maximum atomic E-state index is 12.8. The van der Waals surface area contributed by atoms with Gasteiger partial charge in [0.2, 0.25) is 0 Å². The second-order valence-corrected chi connectivity index (χ2v) is 8.06. The number of fused-ring (bicyclic) bond motifs is 5. The van der Waals surface area contributed by atoms with E-state index in [0.717, 1.165) is 24.5 Å². The molecule has 0 aliphatic carbocycles. The smallest absolute Gasteiger partial charge is 0.273 e. The molecule has 2 aromatic rings. The quantitative estimate of drug-likeness (QED) is 0.863. The number of benzene rings is 1. The standard InChI is InChI=1S/C19H20N2O2S/c22-19(21-9-13-14(10-21)17-7-6-16(13)23-17)15-11-24-18(20-15)8-12-4-2-1-3-5-12/h1-5,11,13-14,16-17H,6-10H2/t13-,14+,16+,17-. The van der Waals surface area contributed by atoms with Crippen LogP contribution in [0.2, 0.25) is 0 Å². The van der Waals surface area contributed by atoms with Crippen LogP contribution >= 0.6 is 11.3 Å². The van der Waals surface area contributed by atoms with E-state index in [1.54, 1.807) is 11.3 Å². The molecule has 0 radical (unpaired) electrons. The molecule has 4 atom stereocenters. The average molecular weight is 340 g/mol. The number of nitrogens with zero attached hydrogens (tertiary/aromatic N) is 2. The molecule has 5 heteroatoms. The van der Waals surface area contributed by atoms with Gasteiger partial charge in [-0.1, -0.05) is 30.3 Å². The van der Waals surface area contributed by atoms with Gasteiger partial charge in [-0.15, -0.1) is 11.3 Å². The molecule has 5 rings (SSSR count). The SMILES string of the molecule is O=C(c1csc(Cc2ccccc2)n1)N1C[C@@H]2[C@H](C1)[C@H]1CC[C@@H]2O1. The molecule has 0 spiro atoms. The monoisotopic (exact) mass is 340 g/mol. The first-order valence-corrected chi connectivity index (χ1v) is 9.59.